The van der Waals surface area contributed by atoms with E-state index in [1.54, 1.807) is 0 Å². The van der Waals surface area contributed by atoms with Gasteiger partial charge < -0.3 is 19.3 Å². The Morgan fingerprint density at radius 2 is 1.63 bits per heavy atom. The molecule has 0 aromatic heterocycles. The molecule has 5 heteroatoms. The number of hydrogen-bond donors (Lipinski definition) is 1. The molecule has 1 fully saturated rings. The Bertz CT molecular complexity index is 229. The maximum Gasteiger partial charge on any atom is 0.118 e. The van der Waals surface area contributed by atoms with Crippen molar-refractivity contribution >= 4 is 0 Å². The number of rotatable bonds is 5. The number of epoxide rings is 1. The Morgan fingerprint density at radius 1 is 1.16 bits per heavy atom. The van der Waals surface area contributed by atoms with Crippen LogP contribution in [0.15, 0.2) is 0 Å². The number of alkyl halides is 1. The second-order valence-electron chi connectivity index (χ2n) is 6.61. The standard InChI is InChI=1S/C7H15FO2.C7H14O2/c1-7(2,3)10-5-6(9)4-8;1-7(2,3)9-5-6-4-8-6/h6,9H,4-5H2,1-3H3;6H,4-5H2,1-3H3/t2*6-/m00/s1. The highest BCUT2D eigenvalue weighted by atomic mass is 19.1. The van der Waals surface area contributed by atoms with Crippen molar-refractivity contribution in [3.8, 4) is 0 Å². The number of ether oxygens (including phenoxy) is 3. The normalized spacial score (nSPS) is 20.5. The lowest BCUT2D eigenvalue weighted by Crippen LogP contribution is -2.27. The summed E-state index contributed by atoms with van der Waals surface area (Å²) in [6.07, 6.45) is -0.580. The minimum Gasteiger partial charge on any atom is -0.388 e. The molecule has 0 spiro atoms. The van der Waals surface area contributed by atoms with Crippen molar-refractivity contribution < 1.29 is 23.7 Å². The molecule has 0 aromatic carbocycles. The zero-order valence-electron chi connectivity index (χ0n) is 13.0. The molecular formula is C14H29FO4. The van der Waals surface area contributed by atoms with Crippen molar-refractivity contribution in [2.24, 2.45) is 0 Å². The number of aliphatic hydroxyl groups excluding tert-OH is 1. The van der Waals surface area contributed by atoms with Gasteiger partial charge in [0.25, 0.3) is 0 Å². The maximum atomic E-state index is 11.6. The van der Waals surface area contributed by atoms with Gasteiger partial charge in [-0.15, -0.1) is 0 Å². The van der Waals surface area contributed by atoms with Gasteiger partial charge in [0.15, 0.2) is 0 Å². The smallest absolute Gasteiger partial charge is 0.118 e. The van der Waals surface area contributed by atoms with Crippen molar-refractivity contribution in [1.29, 1.82) is 0 Å². The van der Waals surface area contributed by atoms with E-state index in [4.69, 9.17) is 19.3 Å². The van der Waals surface area contributed by atoms with Crippen LogP contribution in [0.2, 0.25) is 0 Å². The van der Waals surface area contributed by atoms with Gasteiger partial charge in [-0.25, -0.2) is 4.39 Å². The molecule has 0 radical (unpaired) electrons. The van der Waals surface area contributed by atoms with Gasteiger partial charge in [-0.1, -0.05) is 0 Å². The van der Waals surface area contributed by atoms with Crippen LogP contribution >= 0.6 is 0 Å². The highest BCUT2D eigenvalue weighted by Gasteiger charge is 2.24. The van der Waals surface area contributed by atoms with E-state index in [-0.39, 0.29) is 17.8 Å². The molecule has 0 aliphatic carbocycles. The van der Waals surface area contributed by atoms with E-state index in [9.17, 15) is 4.39 Å². The van der Waals surface area contributed by atoms with Gasteiger partial charge in [0.05, 0.1) is 31.0 Å². The molecule has 116 valence electrons. The fourth-order valence-electron chi connectivity index (χ4n) is 0.898. The summed E-state index contributed by atoms with van der Waals surface area (Å²) in [6.45, 7) is 12.7. The largest absolute Gasteiger partial charge is 0.388 e. The first kappa shape index (κ1) is 18.8. The predicted molar refractivity (Wildman–Crippen MR) is 73.1 cm³/mol. The number of halogens is 1. The third kappa shape index (κ3) is 15.7. The first-order chi connectivity index (χ1) is 8.53. The van der Waals surface area contributed by atoms with Gasteiger partial charge in [-0.3, -0.25) is 0 Å². The van der Waals surface area contributed by atoms with E-state index in [2.05, 4.69) is 20.8 Å². The van der Waals surface area contributed by atoms with Crippen LogP contribution in [0, 0.1) is 0 Å². The molecule has 2 atom stereocenters. The average Bonchev–Trinajstić information content (AvgIpc) is 3.05. The quantitative estimate of drug-likeness (QED) is 0.785. The van der Waals surface area contributed by atoms with Gasteiger partial charge >= 0.3 is 0 Å². The summed E-state index contributed by atoms with van der Waals surface area (Å²) in [7, 11) is 0. The zero-order chi connectivity index (χ0) is 15.1. The minimum atomic E-state index is -0.973. The molecule has 1 heterocycles. The summed E-state index contributed by atoms with van der Waals surface area (Å²) in [6, 6.07) is 0. The molecule has 1 aliphatic rings. The molecule has 0 saturated carbocycles. The number of aliphatic hydroxyl groups is 1. The van der Waals surface area contributed by atoms with Crippen LogP contribution < -0.4 is 0 Å². The highest BCUT2D eigenvalue weighted by molar-refractivity contribution is 4.70. The first-order valence-corrected chi connectivity index (χ1v) is 6.67. The Balaban J connectivity index is 0.000000342. The summed E-state index contributed by atoms with van der Waals surface area (Å²) >= 11 is 0. The molecule has 1 aliphatic heterocycles. The second kappa shape index (κ2) is 8.15. The fourth-order valence-corrected chi connectivity index (χ4v) is 0.898. The zero-order valence-corrected chi connectivity index (χ0v) is 13.0. The van der Waals surface area contributed by atoms with Crippen molar-refractivity contribution in [1.82, 2.24) is 0 Å². The van der Waals surface area contributed by atoms with Crippen molar-refractivity contribution in [3.05, 3.63) is 0 Å². The third-order valence-electron chi connectivity index (χ3n) is 1.99. The van der Waals surface area contributed by atoms with Crippen molar-refractivity contribution in [2.75, 3.05) is 26.5 Å². The molecule has 1 saturated heterocycles. The second-order valence-corrected chi connectivity index (χ2v) is 6.61. The van der Waals surface area contributed by atoms with Gasteiger partial charge in [-0.05, 0) is 41.5 Å². The van der Waals surface area contributed by atoms with E-state index in [1.807, 2.05) is 20.8 Å². The molecule has 0 unspecified atom stereocenters. The Kier molecular flexibility index (Phi) is 8.05. The molecule has 0 bridgehead atoms. The first-order valence-electron chi connectivity index (χ1n) is 6.67. The van der Waals surface area contributed by atoms with Gasteiger partial charge in [0.2, 0.25) is 0 Å². The fraction of sp³-hybridized carbons (Fsp3) is 1.00. The Morgan fingerprint density at radius 3 is 1.95 bits per heavy atom. The Labute approximate surface area is 116 Å². The summed E-state index contributed by atoms with van der Waals surface area (Å²) in [5, 5.41) is 8.72. The van der Waals surface area contributed by atoms with Crippen LogP contribution in [-0.2, 0) is 14.2 Å². The maximum absolute atomic E-state index is 11.6. The molecule has 0 aromatic rings. The summed E-state index contributed by atoms with van der Waals surface area (Å²) < 4.78 is 27.1. The van der Waals surface area contributed by atoms with Crippen molar-refractivity contribution in [3.63, 3.8) is 0 Å². The topological polar surface area (TPSA) is 51.2 Å². The van der Waals surface area contributed by atoms with Gasteiger partial charge in [-0.2, -0.15) is 0 Å². The molecule has 1 rings (SSSR count). The van der Waals surface area contributed by atoms with E-state index in [1.165, 1.54) is 0 Å². The van der Waals surface area contributed by atoms with Crippen molar-refractivity contribution in [2.45, 2.75) is 65.0 Å². The van der Waals surface area contributed by atoms with Crippen LogP contribution in [0.25, 0.3) is 0 Å². The van der Waals surface area contributed by atoms with Gasteiger partial charge in [0, 0.05) is 0 Å². The van der Waals surface area contributed by atoms with E-state index in [0.29, 0.717) is 6.10 Å². The molecule has 19 heavy (non-hydrogen) atoms. The summed E-state index contributed by atoms with van der Waals surface area (Å²) in [4.78, 5) is 0. The molecule has 4 nitrogen and oxygen atoms in total. The average molecular weight is 280 g/mol. The van der Waals surface area contributed by atoms with Crippen LogP contribution in [0.5, 0.6) is 0 Å². The monoisotopic (exact) mass is 280 g/mol. The predicted octanol–water partition coefficient (Wildman–Crippen LogP) is 2.33. The van der Waals surface area contributed by atoms with Crippen LogP contribution in [0.1, 0.15) is 41.5 Å². The minimum absolute atomic E-state index is 0.00799. The lowest BCUT2D eigenvalue weighted by Gasteiger charge is -2.20. The third-order valence-corrected chi connectivity index (χ3v) is 1.99. The highest BCUT2D eigenvalue weighted by Crippen LogP contribution is 2.14. The molecular weight excluding hydrogens is 251 g/mol. The molecule has 0 amide bonds. The number of hydrogen-bond acceptors (Lipinski definition) is 4. The lowest BCUT2D eigenvalue weighted by atomic mass is 10.2. The van der Waals surface area contributed by atoms with Crippen LogP contribution in [0.3, 0.4) is 0 Å². The summed E-state index contributed by atoms with van der Waals surface area (Å²) in [5.74, 6) is 0. The lowest BCUT2D eigenvalue weighted by molar-refractivity contribution is -0.0536. The van der Waals surface area contributed by atoms with Crippen LogP contribution in [-0.4, -0.2) is 55.0 Å². The SMILES string of the molecule is CC(C)(C)OC[C@@H](O)CF.CC(C)(C)OC[C@@H]1CO1. The van der Waals surface area contributed by atoms with E-state index >= 15 is 0 Å². The van der Waals surface area contributed by atoms with E-state index < -0.39 is 12.8 Å². The molecule has 1 N–H and O–H groups in total. The van der Waals surface area contributed by atoms with E-state index in [0.717, 1.165) is 13.2 Å². The van der Waals surface area contributed by atoms with Gasteiger partial charge in [0.1, 0.15) is 18.9 Å². The van der Waals surface area contributed by atoms with Crippen LogP contribution in [0.4, 0.5) is 4.39 Å². The Hall–Kier alpha value is -0.230. The summed E-state index contributed by atoms with van der Waals surface area (Å²) in [5.41, 5.74) is -0.303.